The minimum absolute atomic E-state index is 0.0826. The van der Waals surface area contributed by atoms with Crippen LogP contribution in [0, 0.1) is 0 Å². The molecule has 0 bridgehead atoms. The van der Waals surface area contributed by atoms with E-state index in [1.54, 1.807) is 22.9 Å². The third-order valence-corrected chi connectivity index (χ3v) is 3.06. The van der Waals surface area contributed by atoms with Crippen LogP contribution < -0.4 is 0 Å². The van der Waals surface area contributed by atoms with Gasteiger partial charge in [0.2, 0.25) is 0 Å². The second-order valence-electron chi connectivity index (χ2n) is 3.92. The van der Waals surface area contributed by atoms with Crippen LogP contribution >= 0.6 is 11.6 Å². The summed E-state index contributed by atoms with van der Waals surface area (Å²) in [7, 11) is 0. The first-order chi connectivity index (χ1) is 9.16. The van der Waals surface area contributed by atoms with E-state index in [4.69, 9.17) is 16.7 Å². The number of hydrogen-bond donors (Lipinski definition) is 1. The lowest BCUT2D eigenvalue weighted by molar-refractivity contribution is 0.0692. The van der Waals surface area contributed by atoms with Gasteiger partial charge >= 0.3 is 5.97 Å². The molecule has 0 radical (unpaired) electrons. The fourth-order valence-electron chi connectivity index (χ4n) is 1.87. The maximum absolute atomic E-state index is 11.1. The van der Waals surface area contributed by atoms with Gasteiger partial charge in [-0.3, -0.25) is 0 Å². The highest BCUT2D eigenvalue weighted by molar-refractivity contribution is 6.33. The molecular weight excluding hydrogens is 266 g/mol. The largest absolute Gasteiger partial charge is 0.476 e. The highest BCUT2D eigenvalue weighted by Gasteiger charge is 2.15. The molecule has 2 aromatic heterocycles. The number of fused-ring (bicyclic) bond motifs is 1. The Kier molecular flexibility index (Phi) is 2.68. The van der Waals surface area contributed by atoms with Crippen LogP contribution in [0.25, 0.3) is 16.9 Å². The predicted octanol–water partition coefficient (Wildman–Crippen LogP) is 2.75. The average Bonchev–Trinajstić information content (AvgIpc) is 2.82. The SMILES string of the molecule is O=C(O)c1nccn2cc(-c3ccccc3Cl)nc12. The van der Waals surface area contributed by atoms with Crippen molar-refractivity contribution in [2.45, 2.75) is 0 Å². The summed E-state index contributed by atoms with van der Waals surface area (Å²) in [6.45, 7) is 0. The smallest absolute Gasteiger partial charge is 0.358 e. The van der Waals surface area contributed by atoms with Gasteiger partial charge in [0.15, 0.2) is 11.3 Å². The molecule has 0 aliphatic rings. The molecule has 6 heteroatoms. The monoisotopic (exact) mass is 273 g/mol. The van der Waals surface area contributed by atoms with Crippen molar-refractivity contribution in [1.29, 1.82) is 0 Å². The minimum atomic E-state index is -1.11. The molecule has 19 heavy (non-hydrogen) atoms. The summed E-state index contributed by atoms with van der Waals surface area (Å²) in [5, 5.41) is 9.64. The topological polar surface area (TPSA) is 67.5 Å². The van der Waals surface area contributed by atoms with E-state index >= 15 is 0 Å². The Bertz CT molecular complexity index is 782. The van der Waals surface area contributed by atoms with Crippen molar-refractivity contribution >= 4 is 23.2 Å². The predicted molar refractivity (Wildman–Crippen MR) is 70.4 cm³/mol. The van der Waals surface area contributed by atoms with Gasteiger partial charge in [-0.15, -0.1) is 0 Å². The number of nitrogens with zero attached hydrogens (tertiary/aromatic N) is 3. The molecule has 3 aromatic rings. The maximum Gasteiger partial charge on any atom is 0.358 e. The Labute approximate surface area is 113 Å². The molecule has 1 aromatic carbocycles. The average molecular weight is 274 g/mol. The molecule has 0 saturated carbocycles. The minimum Gasteiger partial charge on any atom is -0.476 e. The van der Waals surface area contributed by atoms with Gasteiger partial charge in [0, 0.05) is 24.2 Å². The molecule has 0 unspecified atom stereocenters. The Morgan fingerprint density at radius 2 is 2.11 bits per heavy atom. The Hall–Kier alpha value is -2.40. The van der Waals surface area contributed by atoms with Crippen LogP contribution in [0.5, 0.6) is 0 Å². The van der Waals surface area contributed by atoms with E-state index < -0.39 is 5.97 Å². The van der Waals surface area contributed by atoms with Crippen molar-refractivity contribution in [3.8, 4) is 11.3 Å². The van der Waals surface area contributed by atoms with Crippen LogP contribution in [0.1, 0.15) is 10.5 Å². The van der Waals surface area contributed by atoms with Gasteiger partial charge in [-0.1, -0.05) is 29.8 Å². The molecule has 5 nitrogen and oxygen atoms in total. The number of aromatic nitrogens is 3. The zero-order valence-corrected chi connectivity index (χ0v) is 10.4. The second kappa shape index (κ2) is 4.37. The first-order valence-corrected chi connectivity index (χ1v) is 5.86. The number of benzene rings is 1. The second-order valence-corrected chi connectivity index (χ2v) is 4.33. The lowest BCUT2D eigenvalue weighted by atomic mass is 10.2. The molecule has 0 atom stereocenters. The van der Waals surface area contributed by atoms with Gasteiger partial charge in [0.25, 0.3) is 0 Å². The normalized spacial score (nSPS) is 10.8. The van der Waals surface area contributed by atoms with Crippen molar-refractivity contribution in [2.24, 2.45) is 0 Å². The van der Waals surface area contributed by atoms with Gasteiger partial charge in [0.1, 0.15) is 0 Å². The standard InChI is InChI=1S/C13H8ClN3O2/c14-9-4-2-1-3-8(9)10-7-17-6-5-15-11(13(18)19)12(17)16-10/h1-7H,(H,18,19). The van der Waals surface area contributed by atoms with E-state index in [0.29, 0.717) is 16.4 Å². The van der Waals surface area contributed by atoms with Crippen molar-refractivity contribution in [3.05, 3.63) is 53.6 Å². The highest BCUT2D eigenvalue weighted by atomic mass is 35.5. The molecule has 1 N–H and O–H groups in total. The molecular formula is C13H8ClN3O2. The first-order valence-electron chi connectivity index (χ1n) is 5.49. The molecule has 0 saturated heterocycles. The quantitative estimate of drug-likeness (QED) is 0.779. The summed E-state index contributed by atoms with van der Waals surface area (Å²) in [5.74, 6) is -1.11. The highest BCUT2D eigenvalue weighted by Crippen LogP contribution is 2.27. The summed E-state index contributed by atoms with van der Waals surface area (Å²) in [6, 6.07) is 7.27. The van der Waals surface area contributed by atoms with Gasteiger partial charge in [-0.05, 0) is 6.07 Å². The zero-order chi connectivity index (χ0) is 13.4. The van der Waals surface area contributed by atoms with Gasteiger partial charge < -0.3 is 9.51 Å². The number of carboxylic acids is 1. The lowest BCUT2D eigenvalue weighted by Gasteiger charge is -1.97. The summed E-state index contributed by atoms with van der Waals surface area (Å²) >= 11 is 6.11. The number of carboxylic acid groups (broad SMARTS) is 1. The molecule has 0 fully saturated rings. The maximum atomic E-state index is 11.1. The van der Waals surface area contributed by atoms with Crippen molar-refractivity contribution in [3.63, 3.8) is 0 Å². The molecule has 0 amide bonds. The molecule has 94 valence electrons. The molecule has 0 aliphatic carbocycles. The van der Waals surface area contributed by atoms with E-state index in [2.05, 4.69) is 9.97 Å². The fraction of sp³-hybridized carbons (Fsp3) is 0. The van der Waals surface area contributed by atoms with Crippen molar-refractivity contribution < 1.29 is 9.90 Å². The van der Waals surface area contributed by atoms with Crippen LogP contribution in [0.2, 0.25) is 5.02 Å². The van der Waals surface area contributed by atoms with Crippen LogP contribution in [0.15, 0.2) is 42.9 Å². The Morgan fingerprint density at radius 1 is 1.32 bits per heavy atom. The van der Waals surface area contributed by atoms with E-state index in [1.807, 2.05) is 18.2 Å². The van der Waals surface area contributed by atoms with E-state index in [1.165, 1.54) is 6.20 Å². The third-order valence-electron chi connectivity index (χ3n) is 2.73. The Morgan fingerprint density at radius 3 is 2.84 bits per heavy atom. The summed E-state index contributed by atoms with van der Waals surface area (Å²) < 4.78 is 1.62. The van der Waals surface area contributed by atoms with Crippen LogP contribution in [-0.2, 0) is 0 Å². The van der Waals surface area contributed by atoms with Crippen LogP contribution in [-0.4, -0.2) is 25.4 Å². The van der Waals surface area contributed by atoms with E-state index in [0.717, 1.165) is 5.56 Å². The number of halogens is 1. The van der Waals surface area contributed by atoms with Gasteiger partial charge in [-0.25, -0.2) is 14.8 Å². The van der Waals surface area contributed by atoms with E-state index in [-0.39, 0.29) is 5.69 Å². The molecule has 2 heterocycles. The molecule has 0 spiro atoms. The van der Waals surface area contributed by atoms with Gasteiger partial charge in [-0.2, -0.15) is 0 Å². The molecule has 0 aliphatic heterocycles. The Balaban J connectivity index is 2.26. The summed E-state index contributed by atoms with van der Waals surface area (Å²) in [5.41, 5.74) is 1.58. The third kappa shape index (κ3) is 1.94. The number of imidazole rings is 1. The first kappa shape index (κ1) is 11.7. The summed E-state index contributed by atoms with van der Waals surface area (Å²) in [6.07, 6.45) is 4.80. The molecule has 3 rings (SSSR count). The van der Waals surface area contributed by atoms with Crippen LogP contribution in [0.3, 0.4) is 0 Å². The van der Waals surface area contributed by atoms with Crippen LogP contribution in [0.4, 0.5) is 0 Å². The lowest BCUT2D eigenvalue weighted by Crippen LogP contribution is -2.03. The summed E-state index contributed by atoms with van der Waals surface area (Å²) in [4.78, 5) is 19.2. The number of aromatic carboxylic acids is 1. The van der Waals surface area contributed by atoms with E-state index in [9.17, 15) is 4.79 Å². The van der Waals surface area contributed by atoms with Gasteiger partial charge in [0.05, 0.1) is 10.7 Å². The zero-order valence-electron chi connectivity index (χ0n) is 9.62. The number of rotatable bonds is 2. The van der Waals surface area contributed by atoms with Crippen molar-refractivity contribution in [1.82, 2.24) is 14.4 Å². The fourth-order valence-corrected chi connectivity index (χ4v) is 2.10. The number of hydrogen-bond acceptors (Lipinski definition) is 3. The number of carbonyl (C=O) groups is 1. The van der Waals surface area contributed by atoms with Crippen molar-refractivity contribution in [2.75, 3.05) is 0 Å².